The first-order valence-electron chi connectivity index (χ1n) is 6.54. The molecule has 0 bridgehead atoms. The SMILES string of the molecule is CC(C)Oc1ccnc(N(C)C(CN)C2CC2)n1. The topological polar surface area (TPSA) is 64.3 Å². The Morgan fingerprint density at radius 2 is 2.22 bits per heavy atom. The highest BCUT2D eigenvalue weighted by Crippen LogP contribution is 2.35. The average molecular weight is 250 g/mol. The van der Waals surface area contributed by atoms with E-state index in [0.717, 1.165) is 0 Å². The van der Waals surface area contributed by atoms with E-state index in [-0.39, 0.29) is 6.10 Å². The van der Waals surface area contributed by atoms with Crippen LogP contribution in [0.5, 0.6) is 5.88 Å². The van der Waals surface area contributed by atoms with Crippen molar-refractivity contribution in [1.29, 1.82) is 0 Å². The molecule has 1 saturated carbocycles. The van der Waals surface area contributed by atoms with Gasteiger partial charge in [0, 0.05) is 31.9 Å². The zero-order valence-corrected chi connectivity index (χ0v) is 11.3. The molecule has 0 saturated heterocycles. The lowest BCUT2D eigenvalue weighted by atomic mass is 10.1. The van der Waals surface area contributed by atoms with Gasteiger partial charge in [-0.2, -0.15) is 4.98 Å². The summed E-state index contributed by atoms with van der Waals surface area (Å²) in [5.41, 5.74) is 5.84. The third-order valence-electron chi connectivity index (χ3n) is 3.19. The van der Waals surface area contributed by atoms with Crippen molar-refractivity contribution in [1.82, 2.24) is 9.97 Å². The van der Waals surface area contributed by atoms with Crippen LogP contribution >= 0.6 is 0 Å². The van der Waals surface area contributed by atoms with Gasteiger partial charge >= 0.3 is 0 Å². The quantitative estimate of drug-likeness (QED) is 0.827. The molecule has 1 aromatic rings. The molecular formula is C13H22N4O. The molecule has 2 N–H and O–H groups in total. The van der Waals surface area contributed by atoms with E-state index in [1.165, 1.54) is 12.8 Å². The molecule has 5 nitrogen and oxygen atoms in total. The van der Waals surface area contributed by atoms with Crippen LogP contribution in [0.25, 0.3) is 0 Å². The maximum atomic E-state index is 5.84. The summed E-state index contributed by atoms with van der Waals surface area (Å²) in [6, 6.07) is 2.12. The van der Waals surface area contributed by atoms with Crippen molar-refractivity contribution in [2.45, 2.75) is 38.8 Å². The highest BCUT2D eigenvalue weighted by atomic mass is 16.5. The summed E-state index contributed by atoms with van der Waals surface area (Å²) in [6.07, 6.45) is 4.37. The van der Waals surface area contributed by atoms with E-state index in [1.807, 2.05) is 20.9 Å². The molecule has 0 radical (unpaired) electrons. The molecule has 100 valence electrons. The molecule has 0 aliphatic heterocycles. The number of aromatic nitrogens is 2. The number of hydrogen-bond acceptors (Lipinski definition) is 5. The Bertz CT molecular complexity index is 392. The molecule has 1 fully saturated rings. The molecule has 0 amide bonds. The van der Waals surface area contributed by atoms with Crippen LogP contribution in [0, 0.1) is 5.92 Å². The Hall–Kier alpha value is -1.36. The fourth-order valence-corrected chi connectivity index (χ4v) is 2.11. The van der Waals surface area contributed by atoms with Gasteiger partial charge < -0.3 is 15.4 Å². The molecule has 1 unspecified atom stereocenters. The largest absolute Gasteiger partial charge is 0.475 e. The molecule has 2 rings (SSSR count). The second-order valence-corrected chi connectivity index (χ2v) is 5.11. The Labute approximate surface area is 108 Å². The van der Waals surface area contributed by atoms with Gasteiger partial charge in [0.15, 0.2) is 0 Å². The van der Waals surface area contributed by atoms with Gasteiger partial charge in [0.05, 0.1) is 6.10 Å². The standard InChI is InChI=1S/C13H22N4O/c1-9(2)18-12-6-7-15-13(16-12)17(3)11(8-14)10-4-5-10/h6-7,9-11H,4-5,8,14H2,1-3H3. The van der Waals surface area contributed by atoms with E-state index in [4.69, 9.17) is 10.5 Å². The number of ether oxygens (including phenoxy) is 1. The Kier molecular flexibility index (Phi) is 4.01. The lowest BCUT2D eigenvalue weighted by molar-refractivity contribution is 0.232. The minimum Gasteiger partial charge on any atom is -0.475 e. The Morgan fingerprint density at radius 1 is 1.50 bits per heavy atom. The molecule has 1 atom stereocenters. The summed E-state index contributed by atoms with van der Waals surface area (Å²) in [6.45, 7) is 4.61. The van der Waals surface area contributed by atoms with Crippen LogP contribution in [-0.4, -0.2) is 35.7 Å². The second kappa shape index (κ2) is 5.52. The van der Waals surface area contributed by atoms with Crippen molar-refractivity contribution in [3.8, 4) is 5.88 Å². The lowest BCUT2D eigenvalue weighted by Gasteiger charge is -2.27. The van der Waals surface area contributed by atoms with Crippen molar-refractivity contribution in [3.63, 3.8) is 0 Å². The number of rotatable bonds is 6. The second-order valence-electron chi connectivity index (χ2n) is 5.11. The predicted octanol–water partition coefficient (Wildman–Crippen LogP) is 1.44. The summed E-state index contributed by atoms with van der Waals surface area (Å²) in [5.74, 6) is 2.00. The molecule has 18 heavy (non-hydrogen) atoms. The van der Waals surface area contributed by atoms with Crippen LogP contribution in [0.4, 0.5) is 5.95 Å². The molecular weight excluding hydrogens is 228 g/mol. The number of hydrogen-bond donors (Lipinski definition) is 1. The zero-order valence-electron chi connectivity index (χ0n) is 11.3. The van der Waals surface area contributed by atoms with Crippen LogP contribution in [0.3, 0.4) is 0 Å². The van der Waals surface area contributed by atoms with Crippen molar-refractivity contribution in [3.05, 3.63) is 12.3 Å². The van der Waals surface area contributed by atoms with Gasteiger partial charge in [-0.3, -0.25) is 0 Å². The van der Waals surface area contributed by atoms with E-state index in [9.17, 15) is 0 Å². The summed E-state index contributed by atoms with van der Waals surface area (Å²) < 4.78 is 5.59. The molecule has 0 spiro atoms. The van der Waals surface area contributed by atoms with Crippen molar-refractivity contribution in [2.24, 2.45) is 11.7 Å². The van der Waals surface area contributed by atoms with E-state index in [1.54, 1.807) is 12.3 Å². The van der Waals surface area contributed by atoms with Crippen molar-refractivity contribution < 1.29 is 4.74 Å². The zero-order chi connectivity index (χ0) is 13.1. The molecule has 1 aromatic heterocycles. The van der Waals surface area contributed by atoms with Gasteiger partial charge in [0.25, 0.3) is 0 Å². The lowest BCUT2D eigenvalue weighted by Crippen LogP contribution is -2.40. The number of nitrogens with zero attached hydrogens (tertiary/aromatic N) is 3. The third kappa shape index (κ3) is 3.10. The van der Waals surface area contributed by atoms with Gasteiger partial charge in [-0.25, -0.2) is 4.98 Å². The third-order valence-corrected chi connectivity index (χ3v) is 3.19. The number of anilines is 1. The monoisotopic (exact) mass is 250 g/mol. The first-order valence-corrected chi connectivity index (χ1v) is 6.54. The maximum Gasteiger partial charge on any atom is 0.228 e. The smallest absolute Gasteiger partial charge is 0.228 e. The van der Waals surface area contributed by atoms with Gasteiger partial charge in [0.1, 0.15) is 0 Å². The fraction of sp³-hybridized carbons (Fsp3) is 0.692. The molecule has 5 heteroatoms. The fourth-order valence-electron chi connectivity index (χ4n) is 2.11. The normalized spacial score (nSPS) is 16.7. The van der Waals surface area contributed by atoms with Crippen LogP contribution in [0.2, 0.25) is 0 Å². The van der Waals surface area contributed by atoms with E-state index < -0.39 is 0 Å². The van der Waals surface area contributed by atoms with Gasteiger partial charge in [-0.1, -0.05) is 0 Å². The van der Waals surface area contributed by atoms with Crippen LogP contribution in [0.1, 0.15) is 26.7 Å². The van der Waals surface area contributed by atoms with Gasteiger partial charge in [-0.15, -0.1) is 0 Å². The minimum absolute atomic E-state index is 0.117. The first kappa shape index (κ1) is 13.1. The first-order chi connectivity index (χ1) is 8.61. The van der Waals surface area contributed by atoms with Crippen LogP contribution in [-0.2, 0) is 0 Å². The van der Waals surface area contributed by atoms with Crippen LogP contribution < -0.4 is 15.4 Å². The van der Waals surface area contributed by atoms with Gasteiger partial charge in [0.2, 0.25) is 11.8 Å². The Balaban J connectivity index is 2.11. The number of likely N-dealkylation sites (N-methyl/N-ethyl adjacent to an activating group) is 1. The Morgan fingerprint density at radius 3 is 2.78 bits per heavy atom. The minimum atomic E-state index is 0.117. The van der Waals surface area contributed by atoms with Crippen molar-refractivity contribution >= 4 is 5.95 Å². The van der Waals surface area contributed by atoms with E-state index in [2.05, 4.69) is 14.9 Å². The van der Waals surface area contributed by atoms with Crippen molar-refractivity contribution in [2.75, 3.05) is 18.5 Å². The summed E-state index contributed by atoms with van der Waals surface area (Å²) in [7, 11) is 2.00. The highest BCUT2D eigenvalue weighted by molar-refractivity contribution is 5.33. The van der Waals surface area contributed by atoms with E-state index >= 15 is 0 Å². The summed E-state index contributed by atoms with van der Waals surface area (Å²) in [5, 5.41) is 0. The van der Waals surface area contributed by atoms with E-state index in [0.29, 0.717) is 30.3 Å². The molecule has 0 aromatic carbocycles. The molecule has 1 aliphatic rings. The number of nitrogens with two attached hydrogens (primary N) is 1. The predicted molar refractivity (Wildman–Crippen MR) is 71.8 cm³/mol. The van der Waals surface area contributed by atoms with Gasteiger partial charge in [-0.05, 0) is 32.6 Å². The summed E-state index contributed by atoms with van der Waals surface area (Å²) >= 11 is 0. The highest BCUT2D eigenvalue weighted by Gasteiger charge is 2.33. The maximum absolute atomic E-state index is 5.84. The average Bonchev–Trinajstić information content (AvgIpc) is 3.14. The summed E-state index contributed by atoms with van der Waals surface area (Å²) in [4.78, 5) is 10.8. The van der Waals surface area contributed by atoms with Crippen LogP contribution in [0.15, 0.2) is 12.3 Å². The molecule has 1 aliphatic carbocycles. The molecule has 1 heterocycles.